The van der Waals surface area contributed by atoms with Gasteiger partial charge < -0.3 is 0 Å². The van der Waals surface area contributed by atoms with Crippen LogP contribution >= 0.6 is 22.9 Å². The molecule has 1 aromatic rings. The van der Waals surface area contributed by atoms with Gasteiger partial charge in [-0.2, -0.15) is 9.57 Å². The molecule has 1 saturated heterocycles. The smallest absolute Gasteiger partial charge is 0.258 e. The summed E-state index contributed by atoms with van der Waals surface area (Å²) < 4.78 is 25.6. The van der Waals surface area contributed by atoms with Crippen LogP contribution in [0.5, 0.6) is 0 Å². The van der Waals surface area contributed by atoms with Gasteiger partial charge in [-0.3, -0.25) is 10.1 Å². The summed E-state index contributed by atoms with van der Waals surface area (Å²) in [7, 11) is -3.92. The number of thiophene rings is 1. The quantitative estimate of drug-likeness (QED) is 0.623. The van der Waals surface area contributed by atoms with Crippen molar-refractivity contribution in [1.82, 2.24) is 4.31 Å². The van der Waals surface area contributed by atoms with Crippen LogP contribution in [0.2, 0.25) is 4.34 Å². The summed E-state index contributed by atoms with van der Waals surface area (Å²) in [6, 6.07) is 2.18. The highest BCUT2D eigenvalue weighted by Crippen LogP contribution is 2.38. The number of rotatable bonds is 3. The summed E-state index contributed by atoms with van der Waals surface area (Å²) in [5.74, 6) is 0. The van der Waals surface area contributed by atoms with E-state index in [1.165, 1.54) is 0 Å². The lowest BCUT2D eigenvalue weighted by Gasteiger charge is -2.29. The van der Waals surface area contributed by atoms with E-state index in [9.17, 15) is 18.5 Å². The molecule has 0 bridgehead atoms. The minimum atomic E-state index is -3.92. The summed E-state index contributed by atoms with van der Waals surface area (Å²) in [6.45, 7) is 0.240. The minimum Gasteiger partial charge on any atom is -0.258 e. The van der Waals surface area contributed by atoms with Crippen molar-refractivity contribution in [2.24, 2.45) is 0 Å². The molecule has 0 aromatic carbocycles. The van der Waals surface area contributed by atoms with Crippen molar-refractivity contribution >= 4 is 38.6 Å². The van der Waals surface area contributed by atoms with Crippen LogP contribution in [-0.2, 0) is 10.0 Å². The molecule has 7 nitrogen and oxygen atoms in total. The summed E-state index contributed by atoms with van der Waals surface area (Å²) in [5.41, 5.74) is -0.430. The average molecular weight is 336 g/mol. The number of halogens is 1. The molecule has 1 atom stereocenters. The zero-order valence-corrected chi connectivity index (χ0v) is 12.5. The zero-order chi connectivity index (χ0) is 14.9. The van der Waals surface area contributed by atoms with Gasteiger partial charge in [0.15, 0.2) is 4.34 Å². The molecule has 2 heterocycles. The van der Waals surface area contributed by atoms with Gasteiger partial charge in [0.2, 0.25) is 0 Å². The Morgan fingerprint density at radius 3 is 2.80 bits per heavy atom. The lowest BCUT2D eigenvalue weighted by atomic mass is 10.1. The molecule has 1 aromatic heterocycles. The maximum Gasteiger partial charge on any atom is 0.300 e. The Balaban J connectivity index is 2.42. The third kappa shape index (κ3) is 2.64. The highest BCUT2D eigenvalue weighted by molar-refractivity contribution is 7.91. The second-order valence-electron chi connectivity index (χ2n) is 4.24. The topological polar surface area (TPSA) is 104 Å². The van der Waals surface area contributed by atoms with E-state index in [-0.39, 0.29) is 15.1 Å². The van der Waals surface area contributed by atoms with E-state index >= 15 is 0 Å². The standard InChI is InChI=1S/C10H10ClN3O4S2/c11-10-8(14(15)16)5-9(19-10)20(17,18)13-4-2-1-3-7(13)6-12/h5,7H,1-4H2. The number of nitrogens with zero attached hydrogens (tertiary/aromatic N) is 3. The van der Waals surface area contributed by atoms with Crippen LogP contribution in [0.1, 0.15) is 19.3 Å². The molecule has 0 radical (unpaired) electrons. The fourth-order valence-corrected chi connectivity index (χ4v) is 5.43. The third-order valence-electron chi connectivity index (χ3n) is 3.01. The second-order valence-corrected chi connectivity index (χ2v) is 8.01. The lowest BCUT2D eigenvalue weighted by Crippen LogP contribution is -2.42. The van der Waals surface area contributed by atoms with Gasteiger partial charge in [0.25, 0.3) is 15.7 Å². The van der Waals surface area contributed by atoms with E-state index in [4.69, 9.17) is 16.9 Å². The highest BCUT2D eigenvalue weighted by atomic mass is 35.5. The van der Waals surface area contributed by atoms with Crippen molar-refractivity contribution in [3.8, 4) is 6.07 Å². The Kier molecular flexibility index (Phi) is 4.29. The zero-order valence-electron chi connectivity index (χ0n) is 10.2. The molecule has 0 amide bonds. The molecule has 2 rings (SSSR count). The molecule has 1 fully saturated rings. The minimum absolute atomic E-state index is 0.181. The third-order valence-corrected chi connectivity index (χ3v) is 6.70. The van der Waals surface area contributed by atoms with Crippen molar-refractivity contribution in [1.29, 1.82) is 5.26 Å². The maximum atomic E-state index is 12.4. The number of nitriles is 1. The summed E-state index contributed by atoms with van der Waals surface area (Å²) in [6.07, 6.45) is 1.92. The molecule has 1 aliphatic heterocycles. The second kappa shape index (κ2) is 5.65. The molecular weight excluding hydrogens is 326 g/mol. The van der Waals surface area contributed by atoms with E-state index in [2.05, 4.69) is 0 Å². The van der Waals surface area contributed by atoms with Gasteiger partial charge in [-0.05, 0) is 19.3 Å². The molecule has 0 saturated carbocycles. The summed E-state index contributed by atoms with van der Waals surface area (Å²) in [4.78, 5) is 10.00. The van der Waals surface area contributed by atoms with Crippen molar-refractivity contribution in [3.63, 3.8) is 0 Å². The Hall–Kier alpha value is -1.21. The normalized spacial score (nSPS) is 20.5. The van der Waals surface area contributed by atoms with Crippen molar-refractivity contribution in [2.75, 3.05) is 6.54 Å². The van der Waals surface area contributed by atoms with Gasteiger partial charge in [-0.15, -0.1) is 11.3 Å². The molecule has 0 spiro atoms. The number of hydrogen-bond acceptors (Lipinski definition) is 6. The lowest BCUT2D eigenvalue weighted by molar-refractivity contribution is -0.384. The van der Waals surface area contributed by atoms with Crippen LogP contribution in [0.3, 0.4) is 0 Å². The number of hydrogen-bond donors (Lipinski definition) is 0. The highest BCUT2D eigenvalue weighted by Gasteiger charge is 2.36. The van der Waals surface area contributed by atoms with Crippen molar-refractivity contribution in [3.05, 3.63) is 20.5 Å². The first-order valence-corrected chi connectivity index (χ1v) is 8.36. The number of nitro groups is 1. The first-order valence-electron chi connectivity index (χ1n) is 5.73. The number of sulfonamides is 1. The fourth-order valence-electron chi connectivity index (χ4n) is 2.03. The molecule has 0 aliphatic carbocycles. The van der Waals surface area contributed by atoms with Crippen LogP contribution in [-0.4, -0.2) is 30.2 Å². The maximum absolute atomic E-state index is 12.4. The van der Waals surface area contributed by atoms with Gasteiger partial charge in [0.1, 0.15) is 10.3 Å². The van der Waals surface area contributed by atoms with Gasteiger partial charge >= 0.3 is 0 Å². The molecule has 10 heteroatoms. The largest absolute Gasteiger partial charge is 0.300 e. The summed E-state index contributed by atoms with van der Waals surface area (Å²) in [5, 5.41) is 19.8. The van der Waals surface area contributed by atoms with E-state index < -0.39 is 26.7 Å². The Labute approximate surface area is 124 Å². The van der Waals surface area contributed by atoms with Gasteiger partial charge in [-0.1, -0.05) is 11.6 Å². The predicted molar refractivity (Wildman–Crippen MR) is 73.1 cm³/mol. The van der Waals surface area contributed by atoms with Crippen molar-refractivity contribution < 1.29 is 13.3 Å². The van der Waals surface area contributed by atoms with E-state index in [1.54, 1.807) is 0 Å². The van der Waals surface area contributed by atoms with Crippen LogP contribution in [0.4, 0.5) is 5.69 Å². The SMILES string of the molecule is N#CC1CCCCN1S(=O)(=O)c1cc([N+](=O)[O-])c(Cl)s1. The molecule has 0 N–H and O–H groups in total. The van der Waals surface area contributed by atoms with Crippen LogP contribution < -0.4 is 0 Å². The molecule has 1 unspecified atom stereocenters. The van der Waals surface area contributed by atoms with Crippen molar-refractivity contribution in [2.45, 2.75) is 29.5 Å². The van der Waals surface area contributed by atoms with Crippen LogP contribution in [0.25, 0.3) is 0 Å². The average Bonchev–Trinajstić information content (AvgIpc) is 2.81. The van der Waals surface area contributed by atoms with Gasteiger partial charge in [-0.25, -0.2) is 8.42 Å². The molecule has 1 aliphatic rings. The first-order chi connectivity index (χ1) is 9.37. The first kappa shape index (κ1) is 15.2. The van der Waals surface area contributed by atoms with E-state index in [0.29, 0.717) is 24.2 Å². The van der Waals surface area contributed by atoms with Crippen LogP contribution in [0.15, 0.2) is 10.3 Å². The van der Waals surface area contributed by atoms with E-state index in [1.807, 2.05) is 6.07 Å². The predicted octanol–water partition coefficient (Wildman–Crippen LogP) is 2.38. The Morgan fingerprint density at radius 2 is 2.25 bits per heavy atom. The summed E-state index contributed by atoms with van der Waals surface area (Å²) >= 11 is 6.32. The fraction of sp³-hybridized carbons (Fsp3) is 0.500. The van der Waals surface area contributed by atoms with Gasteiger partial charge in [0, 0.05) is 12.6 Å². The molecule has 108 valence electrons. The number of piperidine rings is 1. The van der Waals surface area contributed by atoms with Gasteiger partial charge in [0.05, 0.1) is 11.0 Å². The Morgan fingerprint density at radius 1 is 1.55 bits per heavy atom. The van der Waals surface area contributed by atoms with Crippen LogP contribution in [0, 0.1) is 21.4 Å². The monoisotopic (exact) mass is 335 g/mol. The molecular formula is C10H10ClN3O4S2. The van der Waals surface area contributed by atoms with E-state index in [0.717, 1.165) is 16.8 Å². The Bertz CT molecular complexity index is 679. The molecule has 20 heavy (non-hydrogen) atoms.